The first-order chi connectivity index (χ1) is 15.5. The van der Waals surface area contributed by atoms with Crippen molar-refractivity contribution in [3.63, 3.8) is 0 Å². The molecule has 0 amide bonds. The summed E-state index contributed by atoms with van der Waals surface area (Å²) in [6.45, 7) is 8.76. The van der Waals surface area contributed by atoms with Crippen molar-refractivity contribution >= 4 is 5.69 Å². The van der Waals surface area contributed by atoms with Gasteiger partial charge in [0, 0.05) is 31.9 Å². The van der Waals surface area contributed by atoms with Crippen LogP contribution in [0.2, 0.25) is 0 Å². The number of methoxy groups -OCH3 is 1. The molecule has 1 aliphatic rings. The van der Waals surface area contributed by atoms with E-state index in [9.17, 15) is 4.39 Å². The number of benzene rings is 2. The lowest BCUT2D eigenvalue weighted by Gasteiger charge is -2.40. The highest BCUT2D eigenvalue weighted by atomic mass is 19.1. The highest BCUT2D eigenvalue weighted by Crippen LogP contribution is 2.29. The summed E-state index contributed by atoms with van der Waals surface area (Å²) in [5, 5.41) is 12.6. The molecule has 7 nitrogen and oxygen atoms in total. The molecule has 0 spiro atoms. The molecule has 0 bridgehead atoms. The molecule has 1 atom stereocenters. The lowest BCUT2D eigenvalue weighted by atomic mass is 10.0. The highest BCUT2D eigenvalue weighted by molar-refractivity contribution is 5.49. The number of tetrazole rings is 1. The standard InChI is InChI=1S/C24H31FN6O/c1-18(2)16-23(24-26-27-28-31(24)17-19-4-6-20(25)7-5-19)30-14-12-29(13-15-30)21-8-10-22(32-3)11-9-21/h4-11,18,23H,12-17H2,1-3H3/t23-/m1/s1. The van der Waals surface area contributed by atoms with Crippen LogP contribution in [0.25, 0.3) is 0 Å². The first-order valence-corrected chi connectivity index (χ1v) is 11.2. The summed E-state index contributed by atoms with van der Waals surface area (Å²) in [5.41, 5.74) is 2.19. The monoisotopic (exact) mass is 438 g/mol. The van der Waals surface area contributed by atoms with Crippen LogP contribution in [0.5, 0.6) is 5.75 Å². The fourth-order valence-corrected chi connectivity index (χ4v) is 4.27. The van der Waals surface area contributed by atoms with E-state index >= 15 is 0 Å². The van der Waals surface area contributed by atoms with Crippen molar-refractivity contribution in [2.45, 2.75) is 32.9 Å². The maximum absolute atomic E-state index is 13.3. The minimum Gasteiger partial charge on any atom is -0.497 e. The molecular weight excluding hydrogens is 407 g/mol. The smallest absolute Gasteiger partial charge is 0.168 e. The largest absolute Gasteiger partial charge is 0.497 e. The van der Waals surface area contributed by atoms with Crippen molar-refractivity contribution in [1.82, 2.24) is 25.1 Å². The Kier molecular flexibility index (Phi) is 6.99. The Morgan fingerprint density at radius 3 is 2.28 bits per heavy atom. The van der Waals surface area contributed by atoms with Crippen LogP contribution >= 0.6 is 0 Å². The number of hydrogen-bond donors (Lipinski definition) is 0. The molecule has 0 radical (unpaired) electrons. The summed E-state index contributed by atoms with van der Waals surface area (Å²) < 4.78 is 20.4. The topological polar surface area (TPSA) is 59.3 Å². The quantitative estimate of drug-likeness (QED) is 0.534. The predicted octanol–water partition coefficient (Wildman–Crippen LogP) is 3.78. The van der Waals surface area contributed by atoms with Crippen LogP contribution in [-0.4, -0.2) is 58.4 Å². The summed E-state index contributed by atoms with van der Waals surface area (Å²) in [7, 11) is 1.69. The summed E-state index contributed by atoms with van der Waals surface area (Å²) in [6, 6.07) is 14.9. The Morgan fingerprint density at radius 2 is 1.66 bits per heavy atom. The van der Waals surface area contributed by atoms with E-state index < -0.39 is 0 Å². The molecule has 1 saturated heterocycles. The van der Waals surface area contributed by atoms with Crippen molar-refractivity contribution in [2.24, 2.45) is 5.92 Å². The fraction of sp³-hybridized carbons (Fsp3) is 0.458. The molecule has 2 heterocycles. The zero-order chi connectivity index (χ0) is 22.5. The van der Waals surface area contributed by atoms with Crippen molar-refractivity contribution in [1.29, 1.82) is 0 Å². The van der Waals surface area contributed by atoms with Gasteiger partial charge in [-0.1, -0.05) is 26.0 Å². The van der Waals surface area contributed by atoms with E-state index in [-0.39, 0.29) is 11.9 Å². The molecule has 32 heavy (non-hydrogen) atoms. The van der Waals surface area contributed by atoms with E-state index in [0.717, 1.165) is 49.7 Å². The van der Waals surface area contributed by atoms with Gasteiger partial charge < -0.3 is 9.64 Å². The number of anilines is 1. The number of piperazine rings is 1. The zero-order valence-electron chi connectivity index (χ0n) is 19.0. The van der Waals surface area contributed by atoms with E-state index in [1.807, 2.05) is 16.8 Å². The maximum Gasteiger partial charge on any atom is 0.168 e. The lowest BCUT2D eigenvalue weighted by Crippen LogP contribution is -2.48. The first-order valence-electron chi connectivity index (χ1n) is 11.2. The minimum atomic E-state index is -0.238. The number of nitrogens with zero attached hydrogens (tertiary/aromatic N) is 6. The molecule has 0 N–H and O–H groups in total. The highest BCUT2D eigenvalue weighted by Gasteiger charge is 2.30. The van der Waals surface area contributed by atoms with E-state index in [1.165, 1.54) is 17.8 Å². The summed E-state index contributed by atoms with van der Waals surface area (Å²) >= 11 is 0. The Hall–Kier alpha value is -3.00. The third-order valence-corrected chi connectivity index (χ3v) is 5.99. The average Bonchev–Trinajstić information content (AvgIpc) is 3.27. The van der Waals surface area contributed by atoms with Crippen molar-refractivity contribution in [3.05, 3.63) is 65.7 Å². The molecular formula is C24H31FN6O. The van der Waals surface area contributed by atoms with E-state index in [1.54, 1.807) is 19.2 Å². The Labute approximate surface area is 188 Å². The number of halogens is 1. The van der Waals surface area contributed by atoms with E-state index in [0.29, 0.717) is 12.5 Å². The second-order valence-corrected chi connectivity index (χ2v) is 8.69. The second-order valence-electron chi connectivity index (χ2n) is 8.69. The Bertz CT molecular complexity index is 980. The number of hydrogen-bond acceptors (Lipinski definition) is 6. The van der Waals surface area contributed by atoms with Crippen LogP contribution in [0.3, 0.4) is 0 Å². The van der Waals surface area contributed by atoms with E-state index in [4.69, 9.17) is 4.74 Å². The number of ether oxygens (including phenoxy) is 1. The SMILES string of the molecule is COc1ccc(N2CCN([C@H](CC(C)C)c3nnnn3Cc3ccc(F)cc3)CC2)cc1. The van der Waals surface area contributed by atoms with Crippen molar-refractivity contribution in [3.8, 4) is 5.75 Å². The molecule has 0 aliphatic carbocycles. The van der Waals surface area contributed by atoms with Gasteiger partial charge in [-0.3, -0.25) is 4.90 Å². The summed E-state index contributed by atoms with van der Waals surface area (Å²) in [5.74, 6) is 2.02. The Balaban J connectivity index is 1.47. The van der Waals surface area contributed by atoms with Gasteiger partial charge in [0.25, 0.3) is 0 Å². The zero-order valence-corrected chi connectivity index (χ0v) is 19.0. The summed E-state index contributed by atoms with van der Waals surface area (Å²) in [4.78, 5) is 4.90. The molecule has 4 rings (SSSR count). The van der Waals surface area contributed by atoms with Gasteiger partial charge in [-0.05, 0) is 64.7 Å². The van der Waals surface area contributed by atoms with Crippen LogP contribution < -0.4 is 9.64 Å². The molecule has 1 aliphatic heterocycles. The van der Waals surface area contributed by atoms with Gasteiger partial charge in [-0.25, -0.2) is 9.07 Å². The normalized spacial score (nSPS) is 15.8. The van der Waals surface area contributed by atoms with Gasteiger partial charge in [-0.2, -0.15) is 0 Å². The predicted molar refractivity (Wildman–Crippen MR) is 122 cm³/mol. The third-order valence-electron chi connectivity index (χ3n) is 5.99. The van der Waals surface area contributed by atoms with Gasteiger partial charge in [0.1, 0.15) is 11.6 Å². The maximum atomic E-state index is 13.3. The van der Waals surface area contributed by atoms with Gasteiger partial charge in [-0.15, -0.1) is 5.10 Å². The second kappa shape index (κ2) is 10.1. The van der Waals surface area contributed by atoms with E-state index in [2.05, 4.69) is 51.3 Å². The Morgan fingerprint density at radius 1 is 0.969 bits per heavy atom. The average molecular weight is 439 g/mol. The molecule has 0 saturated carbocycles. The minimum absolute atomic E-state index is 0.142. The summed E-state index contributed by atoms with van der Waals surface area (Å²) in [6.07, 6.45) is 0.978. The van der Waals surface area contributed by atoms with Gasteiger partial charge in [0.05, 0.1) is 19.7 Å². The lowest BCUT2D eigenvalue weighted by molar-refractivity contribution is 0.153. The van der Waals surface area contributed by atoms with Crippen LogP contribution in [-0.2, 0) is 6.54 Å². The molecule has 0 unspecified atom stereocenters. The van der Waals surface area contributed by atoms with Gasteiger partial charge in [0.15, 0.2) is 5.82 Å². The molecule has 3 aromatic rings. The molecule has 2 aromatic carbocycles. The molecule has 170 valence electrons. The van der Waals surface area contributed by atoms with Crippen LogP contribution in [0.1, 0.15) is 37.7 Å². The van der Waals surface area contributed by atoms with Crippen LogP contribution in [0.15, 0.2) is 48.5 Å². The molecule has 1 aromatic heterocycles. The number of rotatable bonds is 8. The van der Waals surface area contributed by atoms with Crippen molar-refractivity contribution < 1.29 is 9.13 Å². The van der Waals surface area contributed by atoms with Crippen LogP contribution in [0, 0.1) is 11.7 Å². The fourth-order valence-electron chi connectivity index (χ4n) is 4.27. The first kappa shape index (κ1) is 22.2. The van der Waals surface area contributed by atoms with Gasteiger partial charge in [0.2, 0.25) is 0 Å². The van der Waals surface area contributed by atoms with Gasteiger partial charge >= 0.3 is 0 Å². The molecule has 1 fully saturated rings. The number of aromatic nitrogens is 4. The van der Waals surface area contributed by atoms with Crippen LogP contribution in [0.4, 0.5) is 10.1 Å². The van der Waals surface area contributed by atoms with Crippen molar-refractivity contribution in [2.75, 3.05) is 38.2 Å². The molecule has 8 heteroatoms. The third kappa shape index (κ3) is 5.24.